The topological polar surface area (TPSA) is 20.3 Å². The lowest BCUT2D eigenvalue weighted by molar-refractivity contribution is -0.109. The number of aldehydes is 1. The standard InChI is InChI=1S/C15H19NO/c17-11-13-5-3-4-12-10-14(6-7-15(12)13)16-8-1-2-9-16/h6-7,10-11,13H,1-5,8-9H2. The van der Waals surface area contributed by atoms with Gasteiger partial charge in [-0.25, -0.2) is 0 Å². The smallest absolute Gasteiger partial charge is 0.127 e. The van der Waals surface area contributed by atoms with E-state index < -0.39 is 0 Å². The van der Waals surface area contributed by atoms with Gasteiger partial charge in [0.25, 0.3) is 0 Å². The van der Waals surface area contributed by atoms with E-state index in [-0.39, 0.29) is 5.92 Å². The van der Waals surface area contributed by atoms with Crippen molar-refractivity contribution in [2.75, 3.05) is 18.0 Å². The van der Waals surface area contributed by atoms with E-state index in [1.54, 1.807) is 0 Å². The van der Waals surface area contributed by atoms with Crippen LogP contribution in [0.25, 0.3) is 0 Å². The van der Waals surface area contributed by atoms with Crippen molar-refractivity contribution >= 4 is 12.0 Å². The molecule has 3 rings (SSSR count). The molecule has 1 unspecified atom stereocenters. The molecule has 1 aliphatic heterocycles. The highest BCUT2D eigenvalue weighted by atomic mass is 16.1. The Kier molecular flexibility index (Phi) is 2.87. The molecule has 1 fully saturated rings. The number of carbonyl (C=O) groups excluding carboxylic acids is 1. The quantitative estimate of drug-likeness (QED) is 0.727. The Balaban J connectivity index is 1.92. The third-order valence-electron chi connectivity index (χ3n) is 4.12. The fourth-order valence-corrected chi connectivity index (χ4v) is 3.15. The lowest BCUT2D eigenvalue weighted by Gasteiger charge is -2.25. The van der Waals surface area contributed by atoms with Gasteiger partial charge in [-0.05, 0) is 55.4 Å². The molecule has 1 saturated heterocycles. The van der Waals surface area contributed by atoms with E-state index in [4.69, 9.17) is 0 Å². The minimum atomic E-state index is 0.145. The Hall–Kier alpha value is -1.31. The third kappa shape index (κ3) is 1.97. The molecule has 1 heterocycles. The van der Waals surface area contributed by atoms with Gasteiger partial charge >= 0.3 is 0 Å². The summed E-state index contributed by atoms with van der Waals surface area (Å²) in [6.45, 7) is 2.38. The summed E-state index contributed by atoms with van der Waals surface area (Å²) >= 11 is 0. The SMILES string of the molecule is O=CC1CCCc2cc(N3CCCC3)ccc21. The van der Waals surface area contributed by atoms with Crippen molar-refractivity contribution in [3.05, 3.63) is 29.3 Å². The first-order chi connectivity index (χ1) is 8.38. The second kappa shape index (κ2) is 4.52. The summed E-state index contributed by atoms with van der Waals surface area (Å²) in [5.74, 6) is 0.145. The number of anilines is 1. The van der Waals surface area contributed by atoms with E-state index in [0.717, 1.165) is 25.5 Å². The molecule has 2 aliphatic rings. The van der Waals surface area contributed by atoms with Crippen molar-refractivity contribution in [1.82, 2.24) is 0 Å². The number of aryl methyl sites for hydroxylation is 1. The zero-order valence-electron chi connectivity index (χ0n) is 10.2. The fourth-order valence-electron chi connectivity index (χ4n) is 3.15. The predicted octanol–water partition coefficient (Wildman–Crippen LogP) is 2.91. The summed E-state index contributed by atoms with van der Waals surface area (Å²) in [7, 11) is 0. The minimum Gasteiger partial charge on any atom is -0.372 e. The number of carbonyl (C=O) groups is 1. The number of hydrogen-bond donors (Lipinski definition) is 0. The molecule has 1 aromatic rings. The molecule has 17 heavy (non-hydrogen) atoms. The molecule has 0 N–H and O–H groups in total. The molecular formula is C15H19NO. The number of rotatable bonds is 2. The van der Waals surface area contributed by atoms with Crippen molar-refractivity contribution in [2.24, 2.45) is 0 Å². The van der Waals surface area contributed by atoms with Crippen molar-refractivity contribution < 1.29 is 4.79 Å². The van der Waals surface area contributed by atoms with Gasteiger partial charge in [-0.1, -0.05) is 6.07 Å². The number of fused-ring (bicyclic) bond motifs is 1. The van der Waals surface area contributed by atoms with Gasteiger partial charge in [-0.15, -0.1) is 0 Å². The highest BCUT2D eigenvalue weighted by molar-refractivity contribution is 5.66. The maximum Gasteiger partial charge on any atom is 0.127 e. The van der Waals surface area contributed by atoms with E-state index in [1.165, 1.54) is 42.7 Å². The van der Waals surface area contributed by atoms with Crippen LogP contribution in [0, 0.1) is 0 Å². The van der Waals surface area contributed by atoms with Gasteiger partial charge in [0.2, 0.25) is 0 Å². The van der Waals surface area contributed by atoms with Crippen molar-refractivity contribution in [3.8, 4) is 0 Å². The lowest BCUT2D eigenvalue weighted by atomic mass is 9.83. The van der Waals surface area contributed by atoms with Crippen LogP contribution in [0.2, 0.25) is 0 Å². The maximum atomic E-state index is 11.1. The van der Waals surface area contributed by atoms with Gasteiger partial charge in [0.15, 0.2) is 0 Å². The molecule has 2 heteroatoms. The molecule has 90 valence electrons. The number of benzene rings is 1. The van der Waals surface area contributed by atoms with E-state index in [2.05, 4.69) is 23.1 Å². The summed E-state index contributed by atoms with van der Waals surface area (Å²) < 4.78 is 0. The first-order valence-electron chi connectivity index (χ1n) is 6.71. The van der Waals surface area contributed by atoms with Crippen molar-refractivity contribution in [1.29, 1.82) is 0 Å². The largest absolute Gasteiger partial charge is 0.372 e. The summed E-state index contributed by atoms with van der Waals surface area (Å²) in [5.41, 5.74) is 4.03. The molecule has 0 amide bonds. The van der Waals surface area contributed by atoms with Crippen LogP contribution in [-0.2, 0) is 11.2 Å². The zero-order valence-corrected chi connectivity index (χ0v) is 10.2. The van der Waals surface area contributed by atoms with Crippen LogP contribution in [-0.4, -0.2) is 19.4 Å². The van der Waals surface area contributed by atoms with Gasteiger partial charge in [-0.3, -0.25) is 0 Å². The Morgan fingerprint density at radius 3 is 2.76 bits per heavy atom. The Morgan fingerprint density at radius 2 is 2.00 bits per heavy atom. The first kappa shape index (κ1) is 10.8. The molecule has 0 bridgehead atoms. The minimum absolute atomic E-state index is 0.145. The molecule has 0 saturated carbocycles. The van der Waals surface area contributed by atoms with Crippen molar-refractivity contribution in [2.45, 2.75) is 38.0 Å². The Labute approximate surface area is 103 Å². The number of nitrogens with zero attached hydrogens (tertiary/aromatic N) is 1. The van der Waals surface area contributed by atoms with E-state index in [0.29, 0.717) is 0 Å². The second-order valence-electron chi connectivity index (χ2n) is 5.21. The fraction of sp³-hybridized carbons (Fsp3) is 0.533. The molecule has 0 aromatic heterocycles. The highest BCUT2D eigenvalue weighted by Crippen LogP contribution is 2.33. The predicted molar refractivity (Wildman–Crippen MR) is 69.6 cm³/mol. The van der Waals surface area contributed by atoms with E-state index in [1.807, 2.05) is 0 Å². The third-order valence-corrected chi connectivity index (χ3v) is 4.12. The maximum absolute atomic E-state index is 11.1. The Morgan fingerprint density at radius 1 is 1.18 bits per heavy atom. The molecule has 2 nitrogen and oxygen atoms in total. The highest BCUT2D eigenvalue weighted by Gasteiger charge is 2.21. The average Bonchev–Trinajstić information content (AvgIpc) is 2.91. The van der Waals surface area contributed by atoms with Gasteiger partial charge in [0.05, 0.1) is 0 Å². The van der Waals surface area contributed by atoms with Gasteiger partial charge in [-0.2, -0.15) is 0 Å². The molecule has 0 spiro atoms. The molecule has 0 radical (unpaired) electrons. The van der Waals surface area contributed by atoms with Gasteiger partial charge in [0.1, 0.15) is 6.29 Å². The number of hydrogen-bond acceptors (Lipinski definition) is 2. The van der Waals surface area contributed by atoms with Crippen LogP contribution in [0.5, 0.6) is 0 Å². The summed E-state index contributed by atoms with van der Waals surface area (Å²) in [6.07, 6.45) is 7.07. The van der Waals surface area contributed by atoms with E-state index in [9.17, 15) is 4.79 Å². The normalized spacial score (nSPS) is 23.5. The van der Waals surface area contributed by atoms with Crippen LogP contribution in [0.4, 0.5) is 5.69 Å². The van der Waals surface area contributed by atoms with Gasteiger partial charge in [0, 0.05) is 24.7 Å². The lowest BCUT2D eigenvalue weighted by Crippen LogP contribution is -2.19. The van der Waals surface area contributed by atoms with Crippen LogP contribution in [0.15, 0.2) is 18.2 Å². The van der Waals surface area contributed by atoms with Gasteiger partial charge < -0.3 is 9.69 Å². The van der Waals surface area contributed by atoms with Crippen LogP contribution in [0.1, 0.15) is 42.7 Å². The zero-order chi connectivity index (χ0) is 11.7. The van der Waals surface area contributed by atoms with Crippen LogP contribution < -0.4 is 4.90 Å². The molecule has 1 aliphatic carbocycles. The van der Waals surface area contributed by atoms with Crippen LogP contribution in [0.3, 0.4) is 0 Å². The summed E-state index contributed by atoms with van der Waals surface area (Å²) in [5, 5.41) is 0. The molecule has 1 atom stereocenters. The molecular weight excluding hydrogens is 210 g/mol. The molecule has 1 aromatic carbocycles. The first-order valence-corrected chi connectivity index (χ1v) is 6.71. The van der Waals surface area contributed by atoms with Crippen molar-refractivity contribution in [3.63, 3.8) is 0 Å². The van der Waals surface area contributed by atoms with Crippen LogP contribution >= 0.6 is 0 Å². The van der Waals surface area contributed by atoms with E-state index >= 15 is 0 Å². The monoisotopic (exact) mass is 229 g/mol. The Bertz CT molecular complexity index is 421. The summed E-state index contributed by atoms with van der Waals surface area (Å²) in [4.78, 5) is 13.5. The summed E-state index contributed by atoms with van der Waals surface area (Å²) in [6, 6.07) is 6.70. The second-order valence-corrected chi connectivity index (χ2v) is 5.21. The average molecular weight is 229 g/mol.